The molecular formula is C14H24N2O3. The summed E-state index contributed by atoms with van der Waals surface area (Å²) < 4.78 is 15.9. The number of hydrogen-bond acceptors (Lipinski definition) is 5. The van der Waals surface area contributed by atoms with Gasteiger partial charge in [0.15, 0.2) is 11.5 Å². The molecular weight excluding hydrogens is 244 g/mol. The fraction of sp³-hybridized carbons (Fsp3) is 0.571. The van der Waals surface area contributed by atoms with E-state index >= 15 is 0 Å². The molecule has 5 nitrogen and oxygen atoms in total. The first kappa shape index (κ1) is 15.6. The van der Waals surface area contributed by atoms with Crippen molar-refractivity contribution in [2.45, 2.75) is 19.4 Å². The predicted molar refractivity (Wildman–Crippen MR) is 75.9 cm³/mol. The quantitative estimate of drug-likeness (QED) is 0.786. The second kappa shape index (κ2) is 7.21. The third kappa shape index (κ3) is 3.52. The van der Waals surface area contributed by atoms with Crippen LogP contribution in [0.4, 0.5) is 0 Å². The first-order valence-corrected chi connectivity index (χ1v) is 6.34. The highest BCUT2D eigenvalue weighted by Gasteiger charge is 2.19. The second-order valence-electron chi connectivity index (χ2n) is 4.54. The Morgan fingerprint density at radius 3 is 1.95 bits per heavy atom. The van der Waals surface area contributed by atoms with Gasteiger partial charge in [0, 0.05) is 6.04 Å². The monoisotopic (exact) mass is 268 g/mol. The molecule has 2 atom stereocenters. The normalized spacial score (nSPS) is 13.8. The van der Waals surface area contributed by atoms with E-state index in [2.05, 4.69) is 6.92 Å². The molecule has 108 valence electrons. The van der Waals surface area contributed by atoms with E-state index in [4.69, 9.17) is 25.7 Å². The molecule has 0 spiro atoms. The molecule has 0 aliphatic carbocycles. The van der Waals surface area contributed by atoms with Crippen LogP contribution in [0.3, 0.4) is 0 Å². The maximum Gasteiger partial charge on any atom is 0.203 e. The molecule has 4 N–H and O–H groups in total. The Morgan fingerprint density at radius 1 is 1.05 bits per heavy atom. The lowest BCUT2D eigenvalue weighted by Gasteiger charge is -2.22. The minimum atomic E-state index is -0.114. The summed E-state index contributed by atoms with van der Waals surface area (Å²) in [7, 11) is 4.77. The summed E-state index contributed by atoms with van der Waals surface area (Å²) in [5, 5.41) is 0. The molecule has 5 heteroatoms. The lowest BCUT2D eigenvalue weighted by Crippen LogP contribution is -2.21. The zero-order valence-electron chi connectivity index (χ0n) is 12.1. The van der Waals surface area contributed by atoms with Crippen LogP contribution in [0.2, 0.25) is 0 Å². The first-order chi connectivity index (χ1) is 9.08. The van der Waals surface area contributed by atoms with Crippen molar-refractivity contribution >= 4 is 0 Å². The van der Waals surface area contributed by atoms with Gasteiger partial charge in [0.25, 0.3) is 0 Å². The molecule has 0 amide bonds. The summed E-state index contributed by atoms with van der Waals surface area (Å²) in [6, 6.07) is 3.66. The predicted octanol–water partition coefficient (Wildman–Crippen LogP) is 1.70. The van der Waals surface area contributed by atoms with Gasteiger partial charge in [0.1, 0.15) is 0 Å². The minimum Gasteiger partial charge on any atom is -0.493 e. The Labute approximate surface area is 114 Å². The van der Waals surface area contributed by atoms with Crippen molar-refractivity contribution in [1.29, 1.82) is 0 Å². The fourth-order valence-corrected chi connectivity index (χ4v) is 2.06. The number of nitrogens with two attached hydrogens (primary N) is 2. The lowest BCUT2D eigenvalue weighted by atomic mass is 9.92. The number of methoxy groups -OCH3 is 3. The SMILES string of the molecule is COc1cc(C(N)C(C)CCN)cc(OC)c1OC. The van der Waals surface area contributed by atoms with E-state index in [9.17, 15) is 0 Å². The summed E-state index contributed by atoms with van der Waals surface area (Å²) in [6.07, 6.45) is 0.873. The van der Waals surface area contributed by atoms with E-state index in [-0.39, 0.29) is 12.0 Å². The second-order valence-corrected chi connectivity index (χ2v) is 4.54. The number of hydrogen-bond donors (Lipinski definition) is 2. The van der Waals surface area contributed by atoms with Crippen molar-refractivity contribution in [3.8, 4) is 17.2 Å². The van der Waals surface area contributed by atoms with Gasteiger partial charge in [-0.05, 0) is 36.6 Å². The summed E-state index contributed by atoms with van der Waals surface area (Å²) in [5.74, 6) is 2.10. The van der Waals surface area contributed by atoms with Crippen LogP contribution in [0.1, 0.15) is 24.9 Å². The zero-order valence-corrected chi connectivity index (χ0v) is 12.1. The molecule has 1 aromatic rings. The minimum absolute atomic E-state index is 0.114. The summed E-state index contributed by atoms with van der Waals surface area (Å²) in [6.45, 7) is 2.71. The largest absolute Gasteiger partial charge is 0.493 e. The molecule has 0 saturated carbocycles. The first-order valence-electron chi connectivity index (χ1n) is 6.34. The number of rotatable bonds is 7. The molecule has 0 radical (unpaired) electrons. The molecule has 0 bridgehead atoms. The topological polar surface area (TPSA) is 79.7 Å². The lowest BCUT2D eigenvalue weighted by molar-refractivity contribution is 0.322. The van der Waals surface area contributed by atoms with Gasteiger partial charge >= 0.3 is 0 Å². The maximum absolute atomic E-state index is 6.26. The van der Waals surface area contributed by atoms with Crippen molar-refractivity contribution in [2.24, 2.45) is 17.4 Å². The third-order valence-electron chi connectivity index (χ3n) is 3.31. The van der Waals surface area contributed by atoms with Gasteiger partial charge in [0.2, 0.25) is 5.75 Å². The highest BCUT2D eigenvalue weighted by Crippen LogP contribution is 2.40. The van der Waals surface area contributed by atoms with E-state index in [0.717, 1.165) is 12.0 Å². The average Bonchev–Trinajstić information content (AvgIpc) is 2.44. The van der Waals surface area contributed by atoms with Crippen LogP contribution >= 0.6 is 0 Å². The fourth-order valence-electron chi connectivity index (χ4n) is 2.06. The highest BCUT2D eigenvalue weighted by molar-refractivity contribution is 5.54. The highest BCUT2D eigenvalue weighted by atomic mass is 16.5. The zero-order chi connectivity index (χ0) is 14.4. The van der Waals surface area contributed by atoms with Crippen molar-refractivity contribution < 1.29 is 14.2 Å². The maximum atomic E-state index is 6.26. The van der Waals surface area contributed by atoms with Gasteiger partial charge in [-0.1, -0.05) is 6.92 Å². The summed E-state index contributed by atoms with van der Waals surface area (Å²) in [4.78, 5) is 0. The van der Waals surface area contributed by atoms with Crippen LogP contribution in [-0.4, -0.2) is 27.9 Å². The molecule has 0 aliphatic rings. The van der Waals surface area contributed by atoms with Gasteiger partial charge < -0.3 is 25.7 Å². The van der Waals surface area contributed by atoms with Gasteiger partial charge in [-0.25, -0.2) is 0 Å². The summed E-state index contributed by atoms with van der Waals surface area (Å²) in [5.41, 5.74) is 12.8. The van der Waals surface area contributed by atoms with Crippen molar-refractivity contribution in [3.05, 3.63) is 17.7 Å². The van der Waals surface area contributed by atoms with E-state index in [1.807, 2.05) is 12.1 Å². The Kier molecular flexibility index (Phi) is 5.92. The number of ether oxygens (including phenoxy) is 3. The molecule has 0 aliphatic heterocycles. The van der Waals surface area contributed by atoms with Crippen LogP contribution in [0, 0.1) is 5.92 Å². The summed E-state index contributed by atoms with van der Waals surface area (Å²) >= 11 is 0. The van der Waals surface area contributed by atoms with Gasteiger partial charge in [0.05, 0.1) is 21.3 Å². The molecule has 1 aromatic carbocycles. The van der Waals surface area contributed by atoms with Crippen LogP contribution < -0.4 is 25.7 Å². The molecule has 0 heterocycles. The molecule has 1 rings (SSSR count). The Morgan fingerprint density at radius 2 is 1.58 bits per heavy atom. The van der Waals surface area contributed by atoms with E-state index in [1.54, 1.807) is 21.3 Å². The molecule has 19 heavy (non-hydrogen) atoms. The van der Waals surface area contributed by atoms with E-state index in [1.165, 1.54) is 0 Å². The third-order valence-corrected chi connectivity index (χ3v) is 3.31. The van der Waals surface area contributed by atoms with Gasteiger partial charge in [-0.3, -0.25) is 0 Å². The van der Waals surface area contributed by atoms with E-state index < -0.39 is 0 Å². The Hall–Kier alpha value is -1.46. The molecule has 2 unspecified atom stereocenters. The molecule has 0 saturated heterocycles. The Balaban J connectivity index is 3.15. The van der Waals surface area contributed by atoms with Crippen molar-refractivity contribution in [2.75, 3.05) is 27.9 Å². The average molecular weight is 268 g/mol. The van der Waals surface area contributed by atoms with Crippen LogP contribution in [0.5, 0.6) is 17.2 Å². The van der Waals surface area contributed by atoms with Gasteiger partial charge in [-0.2, -0.15) is 0 Å². The van der Waals surface area contributed by atoms with Crippen LogP contribution in [0.15, 0.2) is 12.1 Å². The van der Waals surface area contributed by atoms with Crippen molar-refractivity contribution in [3.63, 3.8) is 0 Å². The van der Waals surface area contributed by atoms with Crippen LogP contribution in [0.25, 0.3) is 0 Å². The number of benzene rings is 1. The van der Waals surface area contributed by atoms with Crippen LogP contribution in [-0.2, 0) is 0 Å². The van der Waals surface area contributed by atoms with Crippen molar-refractivity contribution in [1.82, 2.24) is 0 Å². The van der Waals surface area contributed by atoms with E-state index in [0.29, 0.717) is 23.8 Å². The molecule has 0 aromatic heterocycles. The smallest absolute Gasteiger partial charge is 0.203 e. The Bertz CT molecular complexity index is 385. The standard InChI is InChI=1S/C14H24N2O3/c1-9(5-6-15)13(16)10-7-11(17-2)14(19-4)12(8-10)18-3/h7-9,13H,5-6,15-16H2,1-4H3. The van der Waals surface area contributed by atoms with Gasteiger partial charge in [-0.15, -0.1) is 0 Å². The molecule has 0 fully saturated rings.